The highest BCUT2D eigenvalue weighted by molar-refractivity contribution is 5.02. The Morgan fingerprint density at radius 1 is 1.56 bits per heavy atom. The zero-order chi connectivity index (χ0) is 6.10. The van der Waals surface area contributed by atoms with Crippen LogP contribution in [0.2, 0.25) is 0 Å². The van der Waals surface area contributed by atoms with Crippen molar-refractivity contribution in [2.45, 2.75) is 19.4 Å². The van der Waals surface area contributed by atoms with E-state index in [0.29, 0.717) is 0 Å². The Morgan fingerprint density at radius 2 is 2.56 bits per heavy atom. The quantitative estimate of drug-likeness (QED) is 0.505. The normalized spacial score (nSPS) is 17.3. The van der Waals surface area contributed by atoms with Gasteiger partial charge in [-0.05, 0) is 12.8 Å². The second-order valence-corrected chi connectivity index (χ2v) is 2.23. The Hall–Kier alpha value is -0.860. The zero-order valence-corrected chi connectivity index (χ0v) is 5.12. The van der Waals surface area contributed by atoms with Crippen LogP contribution in [0.3, 0.4) is 0 Å². The number of hydrogen-bond donors (Lipinski definition) is 0. The first-order chi connectivity index (χ1) is 4.47. The van der Waals surface area contributed by atoms with Gasteiger partial charge in [-0.2, -0.15) is 0 Å². The van der Waals surface area contributed by atoms with Crippen molar-refractivity contribution in [2.24, 2.45) is 0 Å². The molecule has 2 heterocycles. The van der Waals surface area contributed by atoms with Crippen molar-refractivity contribution in [3.8, 4) is 0 Å². The molecule has 0 unspecified atom stereocenters. The first-order valence-electron chi connectivity index (χ1n) is 3.18. The summed E-state index contributed by atoms with van der Waals surface area (Å²) in [5.41, 5.74) is 0. The van der Waals surface area contributed by atoms with Gasteiger partial charge in [0.05, 0.1) is 0 Å². The molecule has 0 spiro atoms. The zero-order valence-electron chi connectivity index (χ0n) is 5.12. The third-order valence-electron chi connectivity index (χ3n) is 1.58. The number of aromatic nitrogens is 3. The first kappa shape index (κ1) is 4.97. The van der Waals surface area contributed by atoms with E-state index in [1.807, 2.05) is 0 Å². The molecule has 0 N–H and O–H groups in total. The Labute approximate surface area is 53.7 Å². The van der Waals surface area contributed by atoms with Crippen molar-refractivity contribution in [2.75, 3.05) is 0 Å². The van der Waals surface area contributed by atoms with Gasteiger partial charge in [-0.15, -0.1) is 10.2 Å². The summed E-state index contributed by atoms with van der Waals surface area (Å²) in [6.07, 6.45) is 6.28. The van der Waals surface area contributed by atoms with Crippen LogP contribution in [0.4, 0.5) is 0 Å². The van der Waals surface area contributed by atoms with E-state index >= 15 is 0 Å². The smallest absolute Gasteiger partial charge is 0.136 e. The molecule has 1 aromatic heterocycles. The summed E-state index contributed by atoms with van der Waals surface area (Å²) in [7, 11) is 0. The summed E-state index contributed by atoms with van der Waals surface area (Å²) < 4.78 is 2.07. The van der Waals surface area contributed by atoms with Gasteiger partial charge in [-0.25, -0.2) is 0 Å². The molecular formula is C6H8N3. The lowest BCUT2D eigenvalue weighted by atomic mass is 10.2. The molecule has 0 atom stereocenters. The van der Waals surface area contributed by atoms with Crippen molar-refractivity contribution in [3.05, 3.63) is 18.6 Å². The highest BCUT2D eigenvalue weighted by Crippen LogP contribution is 2.11. The maximum absolute atomic E-state index is 3.91. The van der Waals surface area contributed by atoms with Crippen molar-refractivity contribution in [3.63, 3.8) is 0 Å². The summed E-state index contributed by atoms with van der Waals surface area (Å²) in [5.74, 6) is 1.03. The predicted octanol–water partition coefficient (Wildman–Crippen LogP) is 0.624. The Balaban J connectivity index is 2.39. The number of rotatable bonds is 0. The van der Waals surface area contributed by atoms with Crippen molar-refractivity contribution < 1.29 is 0 Å². The summed E-state index contributed by atoms with van der Waals surface area (Å²) in [5, 5.41) is 7.70. The van der Waals surface area contributed by atoms with Crippen LogP contribution in [0.15, 0.2) is 6.33 Å². The summed E-state index contributed by atoms with van der Waals surface area (Å²) in [6.45, 7) is 1.08. The number of aryl methyl sites for hydroxylation is 1. The third kappa shape index (κ3) is 0.724. The molecule has 0 saturated carbocycles. The second kappa shape index (κ2) is 1.83. The van der Waals surface area contributed by atoms with Gasteiger partial charge in [-0.3, -0.25) is 0 Å². The van der Waals surface area contributed by atoms with Crippen LogP contribution in [-0.4, -0.2) is 14.8 Å². The van der Waals surface area contributed by atoms with Crippen LogP contribution in [0.25, 0.3) is 0 Å². The van der Waals surface area contributed by atoms with Crippen LogP contribution in [0.5, 0.6) is 0 Å². The van der Waals surface area contributed by atoms with E-state index in [0.717, 1.165) is 18.8 Å². The lowest BCUT2D eigenvalue weighted by Gasteiger charge is -2.10. The highest BCUT2D eigenvalue weighted by atomic mass is 15.3. The minimum absolute atomic E-state index is 1.03. The van der Waals surface area contributed by atoms with Gasteiger partial charge >= 0.3 is 0 Å². The molecule has 3 nitrogen and oxygen atoms in total. The Kier molecular flexibility index (Phi) is 1.01. The molecule has 0 saturated heterocycles. The molecule has 0 fully saturated rings. The number of hydrogen-bond acceptors (Lipinski definition) is 2. The molecule has 0 aliphatic carbocycles. The minimum Gasteiger partial charge on any atom is -0.317 e. The lowest BCUT2D eigenvalue weighted by Crippen LogP contribution is -2.07. The molecule has 1 aromatic rings. The predicted molar refractivity (Wildman–Crippen MR) is 32.7 cm³/mol. The molecule has 1 radical (unpaired) electrons. The van der Waals surface area contributed by atoms with E-state index in [1.54, 1.807) is 6.33 Å². The maximum Gasteiger partial charge on any atom is 0.136 e. The fourth-order valence-corrected chi connectivity index (χ4v) is 1.09. The fraction of sp³-hybridized carbons (Fsp3) is 0.500. The van der Waals surface area contributed by atoms with Crippen LogP contribution < -0.4 is 0 Å². The van der Waals surface area contributed by atoms with Crippen molar-refractivity contribution in [1.29, 1.82) is 0 Å². The van der Waals surface area contributed by atoms with E-state index in [1.165, 1.54) is 6.42 Å². The number of fused-ring (bicyclic) bond motifs is 1. The molecule has 0 aromatic carbocycles. The van der Waals surface area contributed by atoms with E-state index in [4.69, 9.17) is 0 Å². The molecule has 1 aliphatic heterocycles. The average molecular weight is 122 g/mol. The van der Waals surface area contributed by atoms with Crippen molar-refractivity contribution in [1.82, 2.24) is 14.8 Å². The molecule has 3 heteroatoms. The van der Waals surface area contributed by atoms with Gasteiger partial charge in [0.25, 0.3) is 0 Å². The van der Waals surface area contributed by atoms with E-state index in [2.05, 4.69) is 21.2 Å². The van der Waals surface area contributed by atoms with Crippen molar-refractivity contribution >= 4 is 0 Å². The third-order valence-corrected chi connectivity index (χ3v) is 1.58. The molecule has 9 heavy (non-hydrogen) atoms. The summed E-state index contributed by atoms with van der Waals surface area (Å²) in [6, 6.07) is 0. The largest absolute Gasteiger partial charge is 0.317 e. The number of nitrogens with zero attached hydrogens (tertiary/aromatic N) is 3. The Bertz CT molecular complexity index is 183. The van der Waals surface area contributed by atoms with Gasteiger partial charge in [0.1, 0.15) is 12.2 Å². The minimum atomic E-state index is 1.03. The van der Waals surface area contributed by atoms with E-state index < -0.39 is 0 Å². The topological polar surface area (TPSA) is 30.7 Å². The van der Waals surface area contributed by atoms with Crippen LogP contribution in [0, 0.1) is 6.42 Å². The SMILES string of the molecule is [CH]1CCCn2cnnc21. The molecule has 2 rings (SSSR count). The molecule has 0 amide bonds. The van der Waals surface area contributed by atoms with Crippen LogP contribution >= 0.6 is 0 Å². The molecule has 0 bridgehead atoms. The lowest BCUT2D eigenvalue weighted by molar-refractivity contribution is 0.581. The summed E-state index contributed by atoms with van der Waals surface area (Å²) in [4.78, 5) is 0. The van der Waals surface area contributed by atoms with Crippen LogP contribution in [-0.2, 0) is 6.54 Å². The van der Waals surface area contributed by atoms with E-state index in [9.17, 15) is 0 Å². The highest BCUT2D eigenvalue weighted by Gasteiger charge is 2.08. The Morgan fingerprint density at radius 3 is 3.44 bits per heavy atom. The van der Waals surface area contributed by atoms with Gasteiger partial charge in [0.15, 0.2) is 0 Å². The monoisotopic (exact) mass is 122 g/mol. The molecular weight excluding hydrogens is 114 g/mol. The van der Waals surface area contributed by atoms with Gasteiger partial charge < -0.3 is 4.57 Å². The average Bonchev–Trinajstić information content (AvgIpc) is 2.33. The van der Waals surface area contributed by atoms with Gasteiger partial charge in [0.2, 0.25) is 0 Å². The van der Waals surface area contributed by atoms with Gasteiger partial charge in [0, 0.05) is 13.0 Å². The maximum atomic E-state index is 3.91. The fourth-order valence-electron chi connectivity index (χ4n) is 1.09. The first-order valence-corrected chi connectivity index (χ1v) is 3.18. The van der Waals surface area contributed by atoms with Crippen LogP contribution in [0.1, 0.15) is 18.7 Å². The standard InChI is InChI=1S/C6H8N3/c1-2-4-9-5-7-8-6(9)3-1/h3,5H,1-2,4H2. The summed E-state index contributed by atoms with van der Waals surface area (Å²) >= 11 is 0. The van der Waals surface area contributed by atoms with E-state index in [-0.39, 0.29) is 0 Å². The second-order valence-electron chi connectivity index (χ2n) is 2.23. The molecule has 1 aliphatic rings. The van der Waals surface area contributed by atoms with Gasteiger partial charge in [-0.1, -0.05) is 0 Å². The molecule has 47 valence electrons.